The summed E-state index contributed by atoms with van der Waals surface area (Å²) in [6.45, 7) is 3.04. The first kappa shape index (κ1) is 10.9. The van der Waals surface area contributed by atoms with Crippen LogP contribution in [0.4, 0.5) is 0 Å². The van der Waals surface area contributed by atoms with E-state index in [1.165, 1.54) is 0 Å². The van der Waals surface area contributed by atoms with Crippen LogP contribution in [0.15, 0.2) is 43.4 Å². The van der Waals surface area contributed by atoms with Gasteiger partial charge in [0.05, 0.1) is 6.26 Å². The van der Waals surface area contributed by atoms with Crippen molar-refractivity contribution in [2.24, 2.45) is 0 Å². The molecule has 1 aromatic rings. The highest BCUT2D eigenvalue weighted by molar-refractivity contribution is 7.32. The number of aromatic nitrogens is 1. The lowest BCUT2D eigenvalue weighted by atomic mass is 10.5. The first-order chi connectivity index (χ1) is 5.77. The average Bonchev–Trinajstić information content (AvgIpc) is 2.08. The first-order valence-corrected chi connectivity index (χ1v) is 4.39. The topological polar surface area (TPSA) is 59.4 Å². The summed E-state index contributed by atoms with van der Waals surface area (Å²) < 4.78 is 13.4. The molecule has 0 aromatic carbocycles. The van der Waals surface area contributed by atoms with Crippen LogP contribution in [0.3, 0.4) is 0 Å². The van der Waals surface area contributed by atoms with Gasteiger partial charge < -0.3 is 9.42 Å². The molecule has 1 atom stereocenters. The van der Waals surface area contributed by atoms with Gasteiger partial charge in [0.2, 0.25) is 0 Å². The third-order valence-corrected chi connectivity index (χ3v) is 1.12. The zero-order valence-electron chi connectivity index (χ0n) is 6.38. The summed E-state index contributed by atoms with van der Waals surface area (Å²) in [7, 11) is -2.75. The van der Waals surface area contributed by atoms with Crippen molar-refractivity contribution in [3.8, 4) is 0 Å². The second-order valence-corrected chi connectivity index (χ2v) is 2.34. The molecule has 0 fully saturated rings. The molecule has 0 spiro atoms. The second kappa shape index (κ2) is 7.98. The molecule has 66 valence electrons. The molecule has 0 bridgehead atoms. The van der Waals surface area contributed by atoms with Crippen molar-refractivity contribution in [2.75, 3.05) is 0 Å². The van der Waals surface area contributed by atoms with Crippen molar-refractivity contribution in [3.05, 3.63) is 43.4 Å². The van der Waals surface area contributed by atoms with Gasteiger partial charge in [-0.15, -0.1) is 0 Å². The zero-order valence-corrected chi connectivity index (χ0v) is 7.38. The minimum absolute atomic E-state index is 0.932. The normalized spacial score (nSPS) is 10.4. The SMILES string of the molecule is C=CO[PH](=O)O.c1ccncc1. The molecule has 1 aromatic heterocycles. The summed E-state index contributed by atoms with van der Waals surface area (Å²) in [6.07, 6.45) is 4.43. The Morgan fingerprint density at radius 2 is 2.00 bits per heavy atom. The number of hydrogen-bond donors (Lipinski definition) is 1. The Kier molecular flexibility index (Phi) is 7.24. The fourth-order valence-electron chi connectivity index (χ4n) is 0.384. The van der Waals surface area contributed by atoms with Crippen LogP contribution in [0.2, 0.25) is 0 Å². The Balaban J connectivity index is 0.000000202. The largest absolute Gasteiger partial charge is 0.435 e. The van der Waals surface area contributed by atoms with E-state index < -0.39 is 8.25 Å². The molecule has 0 aliphatic rings. The lowest BCUT2D eigenvalue weighted by Crippen LogP contribution is -1.58. The zero-order chi connectivity index (χ0) is 9.23. The van der Waals surface area contributed by atoms with Gasteiger partial charge in [-0.2, -0.15) is 0 Å². The van der Waals surface area contributed by atoms with E-state index >= 15 is 0 Å². The molecule has 1 N–H and O–H groups in total. The van der Waals surface area contributed by atoms with Crippen molar-refractivity contribution in [3.63, 3.8) is 0 Å². The first-order valence-electron chi connectivity index (χ1n) is 3.13. The van der Waals surface area contributed by atoms with E-state index in [0.717, 1.165) is 6.26 Å². The molecule has 0 radical (unpaired) electrons. The molecule has 1 unspecified atom stereocenters. The summed E-state index contributed by atoms with van der Waals surface area (Å²) in [6, 6.07) is 5.72. The molecule has 0 saturated carbocycles. The molecule has 12 heavy (non-hydrogen) atoms. The molecule has 0 aliphatic heterocycles. The van der Waals surface area contributed by atoms with Crippen molar-refractivity contribution in [1.29, 1.82) is 0 Å². The Labute approximate surface area is 71.5 Å². The summed E-state index contributed by atoms with van der Waals surface area (Å²) in [4.78, 5) is 11.6. The van der Waals surface area contributed by atoms with Crippen LogP contribution in [0, 0.1) is 0 Å². The third kappa shape index (κ3) is 8.88. The van der Waals surface area contributed by atoms with E-state index in [9.17, 15) is 4.57 Å². The number of nitrogens with zero attached hydrogens (tertiary/aromatic N) is 1. The fourth-order valence-corrected chi connectivity index (χ4v) is 0.526. The monoisotopic (exact) mass is 187 g/mol. The van der Waals surface area contributed by atoms with Crippen molar-refractivity contribution in [1.82, 2.24) is 4.98 Å². The molecular weight excluding hydrogens is 177 g/mol. The average molecular weight is 187 g/mol. The van der Waals surface area contributed by atoms with Gasteiger partial charge >= 0.3 is 8.25 Å². The van der Waals surface area contributed by atoms with E-state index in [-0.39, 0.29) is 0 Å². The molecule has 0 amide bonds. The van der Waals surface area contributed by atoms with E-state index in [2.05, 4.69) is 16.1 Å². The highest BCUT2D eigenvalue weighted by atomic mass is 31.1. The van der Waals surface area contributed by atoms with E-state index in [0.29, 0.717) is 0 Å². The number of rotatable bonds is 2. The third-order valence-electron chi connectivity index (χ3n) is 0.751. The van der Waals surface area contributed by atoms with Gasteiger partial charge in [-0.25, -0.2) is 4.57 Å². The minimum atomic E-state index is -2.75. The van der Waals surface area contributed by atoms with Crippen LogP contribution < -0.4 is 0 Å². The molecule has 0 saturated heterocycles. The van der Waals surface area contributed by atoms with Gasteiger partial charge in [0.25, 0.3) is 0 Å². The maximum atomic E-state index is 9.49. The van der Waals surface area contributed by atoms with Crippen LogP contribution in [0.25, 0.3) is 0 Å². The van der Waals surface area contributed by atoms with Crippen molar-refractivity contribution >= 4 is 8.25 Å². The fraction of sp³-hybridized carbons (Fsp3) is 0. The smallest absolute Gasteiger partial charge is 0.364 e. The number of hydrogen-bond acceptors (Lipinski definition) is 3. The standard InChI is InChI=1S/C5H5N.C2H5O3P/c1-2-4-6-5-3-1;1-2-5-6(3)4/h1-5H;2,6H,1H2,(H,3,4). The van der Waals surface area contributed by atoms with Gasteiger partial charge in [0.1, 0.15) is 0 Å². The Morgan fingerprint density at radius 3 is 2.08 bits per heavy atom. The van der Waals surface area contributed by atoms with Crippen LogP contribution in [-0.4, -0.2) is 9.88 Å². The van der Waals surface area contributed by atoms with Gasteiger partial charge in [-0.05, 0) is 12.1 Å². The molecular formula is C7H10NO3P. The number of pyridine rings is 1. The Morgan fingerprint density at radius 1 is 1.42 bits per heavy atom. The maximum absolute atomic E-state index is 9.49. The predicted molar refractivity (Wildman–Crippen MR) is 46.7 cm³/mol. The molecule has 0 aliphatic carbocycles. The van der Waals surface area contributed by atoms with Crippen LogP contribution in [0.5, 0.6) is 0 Å². The highest BCUT2D eigenvalue weighted by Crippen LogP contribution is 2.12. The van der Waals surface area contributed by atoms with Crippen LogP contribution in [0.1, 0.15) is 0 Å². The predicted octanol–water partition coefficient (Wildman–Crippen LogP) is 1.61. The van der Waals surface area contributed by atoms with Crippen LogP contribution in [-0.2, 0) is 9.09 Å². The van der Waals surface area contributed by atoms with Gasteiger partial charge in [0.15, 0.2) is 0 Å². The Bertz CT molecular complexity index is 201. The van der Waals surface area contributed by atoms with Crippen LogP contribution >= 0.6 is 8.25 Å². The summed E-state index contributed by atoms with van der Waals surface area (Å²) in [5, 5.41) is 0. The van der Waals surface area contributed by atoms with Gasteiger partial charge in [-0.3, -0.25) is 4.98 Å². The lowest BCUT2D eigenvalue weighted by molar-refractivity contribution is 0.379. The molecule has 5 heteroatoms. The van der Waals surface area contributed by atoms with E-state index in [4.69, 9.17) is 4.89 Å². The van der Waals surface area contributed by atoms with Gasteiger partial charge in [0, 0.05) is 12.4 Å². The molecule has 1 rings (SSSR count). The Hall–Kier alpha value is -1.12. The highest BCUT2D eigenvalue weighted by Gasteiger charge is 1.77. The molecule has 4 nitrogen and oxygen atoms in total. The van der Waals surface area contributed by atoms with Crippen molar-refractivity contribution < 1.29 is 14.0 Å². The summed E-state index contributed by atoms with van der Waals surface area (Å²) in [5.41, 5.74) is 0. The quantitative estimate of drug-likeness (QED) is 0.564. The molecule has 1 heterocycles. The summed E-state index contributed by atoms with van der Waals surface area (Å²) in [5.74, 6) is 0. The lowest BCUT2D eigenvalue weighted by Gasteiger charge is -1.84. The minimum Gasteiger partial charge on any atom is -0.435 e. The second-order valence-electron chi connectivity index (χ2n) is 1.57. The van der Waals surface area contributed by atoms with Gasteiger partial charge in [-0.1, -0.05) is 12.6 Å². The van der Waals surface area contributed by atoms with E-state index in [1.807, 2.05) is 18.2 Å². The van der Waals surface area contributed by atoms with E-state index in [1.54, 1.807) is 12.4 Å². The maximum Gasteiger partial charge on any atom is 0.364 e. The van der Waals surface area contributed by atoms with Crippen molar-refractivity contribution in [2.45, 2.75) is 0 Å². The summed E-state index contributed by atoms with van der Waals surface area (Å²) >= 11 is 0.